The molecule has 5 nitrogen and oxygen atoms in total. The van der Waals surface area contributed by atoms with E-state index < -0.39 is 23.1 Å². The number of ether oxygens (including phenoxy) is 1. The molecule has 4 rings (SSSR count). The molecule has 0 spiro atoms. The molecule has 0 bridgehead atoms. The van der Waals surface area contributed by atoms with Gasteiger partial charge in [0.15, 0.2) is 11.6 Å². The zero-order chi connectivity index (χ0) is 22.6. The van der Waals surface area contributed by atoms with Crippen LogP contribution in [0.3, 0.4) is 0 Å². The highest BCUT2D eigenvalue weighted by atomic mass is 32.1. The van der Waals surface area contributed by atoms with E-state index in [4.69, 9.17) is 15.1 Å². The second-order valence-corrected chi connectivity index (χ2v) is 10.0. The zero-order valence-corrected chi connectivity index (χ0v) is 18.6. The van der Waals surface area contributed by atoms with E-state index in [1.807, 2.05) is 18.2 Å². The number of hydrogen-bond acceptors (Lipinski definition) is 5. The van der Waals surface area contributed by atoms with Crippen molar-refractivity contribution in [3.8, 4) is 5.75 Å². The molecule has 0 atom stereocenters. The van der Waals surface area contributed by atoms with E-state index in [-0.39, 0.29) is 30.3 Å². The van der Waals surface area contributed by atoms with Gasteiger partial charge in [0.25, 0.3) is 5.91 Å². The molecule has 0 aliphatic carbocycles. The van der Waals surface area contributed by atoms with Crippen molar-refractivity contribution < 1.29 is 23.0 Å². The van der Waals surface area contributed by atoms with Gasteiger partial charge in [0, 0.05) is 0 Å². The molecule has 162 valence electrons. The number of nitrogens with two attached hydrogens (primary N) is 1. The van der Waals surface area contributed by atoms with E-state index in [1.165, 1.54) is 11.3 Å². The molecule has 2 aromatic carbocycles. The van der Waals surface area contributed by atoms with Gasteiger partial charge >= 0.3 is 6.92 Å². The fourth-order valence-electron chi connectivity index (χ4n) is 3.72. The van der Waals surface area contributed by atoms with E-state index in [1.54, 1.807) is 0 Å². The number of hydrogen-bond donors (Lipinski definition) is 1. The van der Waals surface area contributed by atoms with Crippen molar-refractivity contribution in [3.05, 3.63) is 52.5 Å². The molecule has 1 aliphatic heterocycles. The molecule has 31 heavy (non-hydrogen) atoms. The van der Waals surface area contributed by atoms with Crippen LogP contribution in [0.2, 0.25) is 6.32 Å². The first kappa shape index (κ1) is 21.7. The Morgan fingerprint density at radius 3 is 2.65 bits per heavy atom. The van der Waals surface area contributed by atoms with E-state index in [0.717, 1.165) is 34.1 Å². The van der Waals surface area contributed by atoms with Gasteiger partial charge in [0.05, 0.1) is 15.8 Å². The molecule has 0 radical (unpaired) electrons. The summed E-state index contributed by atoms with van der Waals surface area (Å²) in [4.78, 5) is 15.9. The van der Waals surface area contributed by atoms with Crippen molar-refractivity contribution in [1.29, 1.82) is 0 Å². The molecule has 2 heterocycles. The van der Waals surface area contributed by atoms with Crippen molar-refractivity contribution in [2.75, 3.05) is 0 Å². The van der Waals surface area contributed by atoms with Crippen LogP contribution in [-0.4, -0.2) is 23.4 Å². The summed E-state index contributed by atoms with van der Waals surface area (Å²) in [5.41, 5.74) is 5.94. The Bertz CT molecular complexity index is 1160. The van der Waals surface area contributed by atoms with Gasteiger partial charge in [-0.2, -0.15) is 0 Å². The molecule has 1 aliphatic rings. The number of carbonyl (C=O) groups is 1. The van der Waals surface area contributed by atoms with Gasteiger partial charge in [-0.1, -0.05) is 19.9 Å². The van der Waals surface area contributed by atoms with Gasteiger partial charge in [-0.15, -0.1) is 11.3 Å². The number of fused-ring (bicyclic) bond motifs is 1. The lowest BCUT2D eigenvalue weighted by Crippen LogP contribution is -2.36. The zero-order valence-electron chi connectivity index (χ0n) is 17.8. The lowest BCUT2D eigenvalue weighted by atomic mass is 9.54. The molecule has 2 N–H and O–H groups in total. The topological polar surface area (TPSA) is 74.4 Å². The van der Waals surface area contributed by atoms with E-state index in [0.29, 0.717) is 5.01 Å². The summed E-state index contributed by atoms with van der Waals surface area (Å²) >= 11 is 1.42. The minimum absolute atomic E-state index is 0.00340. The number of nitrogens with zero attached hydrogens (tertiary/aromatic N) is 1. The molecule has 1 aromatic heterocycles. The second kappa shape index (κ2) is 7.56. The minimum atomic E-state index is -1.19. The Kier molecular flexibility index (Phi) is 5.30. The number of aromatic nitrogens is 1. The standard InChI is InChI=1S/C22H23BF2N2O3S/c1-21(2)11-23(30-22(21,3)4)12-5-8-16-14(9-12)27-17(31-16)10-29-15-7-6-13(24)18(19(15)25)20(26)28/h5-9H,10-11H2,1-4H3,(H2,26,28). The average Bonchev–Trinajstić information content (AvgIpc) is 3.17. The maximum absolute atomic E-state index is 14.3. The summed E-state index contributed by atoms with van der Waals surface area (Å²) in [6, 6.07) is 8.14. The van der Waals surface area contributed by atoms with Gasteiger partial charge in [0.2, 0.25) is 0 Å². The second-order valence-electron chi connectivity index (χ2n) is 8.93. The molecule has 0 saturated carbocycles. The third-order valence-electron chi connectivity index (χ3n) is 6.24. The van der Waals surface area contributed by atoms with Gasteiger partial charge in [0.1, 0.15) is 23.0 Å². The van der Waals surface area contributed by atoms with Gasteiger partial charge in [-0.05, 0) is 55.3 Å². The SMILES string of the molecule is CC1(C)CB(c2ccc3sc(COc4ccc(F)c(C(N)=O)c4F)nc3c2)OC1(C)C. The summed E-state index contributed by atoms with van der Waals surface area (Å²) in [6.45, 7) is 8.63. The summed E-state index contributed by atoms with van der Waals surface area (Å²) in [6.07, 6.45) is 0.914. The normalized spacial score (nSPS) is 17.3. The van der Waals surface area contributed by atoms with E-state index in [2.05, 4.69) is 32.7 Å². The van der Waals surface area contributed by atoms with Gasteiger partial charge < -0.3 is 15.1 Å². The summed E-state index contributed by atoms with van der Waals surface area (Å²) in [7, 11) is 0. The number of thiazole rings is 1. The van der Waals surface area contributed by atoms with Crippen LogP contribution in [0.5, 0.6) is 5.75 Å². The lowest BCUT2D eigenvalue weighted by Gasteiger charge is -2.34. The van der Waals surface area contributed by atoms with Gasteiger partial charge in [-0.25, -0.2) is 13.8 Å². The predicted molar refractivity (Wildman–Crippen MR) is 118 cm³/mol. The summed E-state index contributed by atoms with van der Waals surface area (Å²) < 4.78 is 40.7. The fraction of sp³-hybridized carbons (Fsp3) is 0.364. The van der Waals surface area contributed by atoms with E-state index >= 15 is 0 Å². The molecule has 1 fully saturated rings. The molecule has 0 unspecified atom stereocenters. The summed E-state index contributed by atoms with van der Waals surface area (Å²) in [5.74, 6) is -3.57. The number of amides is 1. The van der Waals surface area contributed by atoms with Crippen molar-refractivity contribution in [2.24, 2.45) is 11.1 Å². The van der Waals surface area contributed by atoms with Crippen LogP contribution in [0.4, 0.5) is 8.78 Å². The Labute approximate surface area is 183 Å². The smallest absolute Gasteiger partial charge is 0.328 e. The molecule has 9 heteroatoms. The quantitative estimate of drug-likeness (QED) is 0.596. The summed E-state index contributed by atoms with van der Waals surface area (Å²) in [5, 5.41) is 0.629. The first-order valence-electron chi connectivity index (χ1n) is 9.96. The van der Waals surface area contributed by atoms with Gasteiger partial charge in [-0.3, -0.25) is 4.79 Å². The lowest BCUT2D eigenvalue weighted by molar-refractivity contribution is 0.0375. The van der Waals surface area contributed by atoms with Crippen LogP contribution in [0, 0.1) is 17.0 Å². The predicted octanol–water partition coefficient (Wildman–Crippen LogP) is 4.29. The third-order valence-corrected chi connectivity index (χ3v) is 7.25. The Morgan fingerprint density at radius 1 is 1.26 bits per heavy atom. The fourth-order valence-corrected chi connectivity index (χ4v) is 4.58. The maximum atomic E-state index is 14.3. The molecular weight excluding hydrogens is 421 g/mol. The number of primary amides is 1. The van der Waals surface area contributed by atoms with Crippen LogP contribution >= 0.6 is 11.3 Å². The third kappa shape index (κ3) is 3.92. The minimum Gasteiger partial charge on any atom is -0.483 e. The molecular formula is C22H23BF2N2O3S. The molecule has 1 amide bonds. The first-order valence-corrected chi connectivity index (χ1v) is 10.8. The highest BCUT2D eigenvalue weighted by Crippen LogP contribution is 2.45. The average molecular weight is 444 g/mol. The maximum Gasteiger partial charge on any atom is 0.328 e. The Hall–Kier alpha value is -2.52. The number of benzene rings is 2. The Balaban J connectivity index is 1.54. The van der Waals surface area contributed by atoms with E-state index in [9.17, 15) is 13.6 Å². The van der Waals surface area contributed by atoms with Crippen LogP contribution in [-0.2, 0) is 11.3 Å². The van der Waals surface area contributed by atoms with Crippen LogP contribution in [0.15, 0.2) is 30.3 Å². The monoisotopic (exact) mass is 444 g/mol. The van der Waals surface area contributed by atoms with Crippen LogP contribution in [0.25, 0.3) is 10.2 Å². The van der Waals surface area contributed by atoms with Crippen LogP contribution < -0.4 is 15.9 Å². The van der Waals surface area contributed by atoms with Crippen molar-refractivity contribution in [1.82, 2.24) is 4.98 Å². The van der Waals surface area contributed by atoms with Crippen molar-refractivity contribution >= 4 is 39.8 Å². The number of halogens is 2. The largest absolute Gasteiger partial charge is 0.483 e. The highest BCUT2D eigenvalue weighted by Gasteiger charge is 2.49. The molecule has 3 aromatic rings. The van der Waals surface area contributed by atoms with Crippen LogP contribution in [0.1, 0.15) is 43.1 Å². The Morgan fingerprint density at radius 2 is 2.00 bits per heavy atom. The first-order chi connectivity index (χ1) is 14.5. The number of carbonyl (C=O) groups excluding carboxylic acids is 1. The van der Waals surface area contributed by atoms with Crippen molar-refractivity contribution in [3.63, 3.8) is 0 Å². The molecule has 1 saturated heterocycles. The van der Waals surface area contributed by atoms with Crippen molar-refractivity contribution in [2.45, 2.75) is 46.2 Å². The number of rotatable bonds is 5. The highest BCUT2D eigenvalue weighted by molar-refractivity contribution is 7.18.